The third-order valence-corrected chi connectivity index (χ3v) is 7.18. The standard InChI is InChI=1S/C19H17Br2N3/c1-10-13(20)9-14(21)19-23-17(15-4-2-3-7-22-15)16-11-5-6-12(8-11)18(16)24(10)19/h2-7,9,11-12,16-18H,8H2,1H3. The summed E-state index contributed by atoms with van der Waals surface area (Å²) in [7, 11) is 0. The Morgan fingerprint density at radius 2 is 2.00 bits per heavy atom. The number of hydrogen-bond donors (Lipinski definition) is 0. The Bertz CT molecular complexity index is 824. The highest BCUT2D eigenvalue weighted by Gasteiger charge is 2.55. The van der Waals surface area contributed by atoms with Crippen molar-refractivity contribution >= 4 is 37.7 Å². The van der Waals surface area contributed by atoms with E-state index in [1.54, 1.807) is 0 Å². The van der Waals surface area contributed by atoms with Crippen LogP contribution in [0.2, 0.25) is 0 Å². The fourth-order valence-electron chi connectivity index (χ4n) is 4.81. The van der Waals surface area contributed by atoms with Crippen molar-refractivity contribution in [1.29, 1.82) is 0 Å². The summed E-state index contributed by atoms with van der Waals surface area (Å²) in [5, 5.41) is 0. The van der Waals surface area contributed by atoms with Crippen molar-refractivity contribution < 1.29 is 0 Å². The maximum absolute atomic E-state index is 5.18. The molecule has 5 heteroatoms. The molecule has 1 saturated carbocycles. The maximum Gasteiger partial charge on any atom is 0.143 e. The number of hydrogen-bond acceptors (Lipinski definition) is 3. The molecule has 0 amide bonds. The van der Waals surface area contributed by atoms with Crippen LogP contribution >= 0.6 is 31.9 Å². The zero-order valence-electron chi connectivity index (χ0n) is 13.2. The zero-order valence-corrected chi connectivity index (χ0v) is 16.4. The zero-order chi connectivity index (χ0) is 16.4. The largest absolute Gasteiger partial charge is 0.325 e. The molecule has 0 saturated heterocycles. The van der Waals surface area contributed by atoms with Crippen LogP contribution in [-0.2, 0) is 0 Å². The second-order valence-corrected chi connectivity index (χ2v) is 8.67. The topological polar surface area (TPSA) is 28.5 Å². The molecule has 1 aromatic heterocycles. The van der Waals surface area contributed by atoms with E-state index in [1.165, 1.54) is 12.1 Å². The van der Waals surface area contributed by atoms with Gasteiger partial charge in [0.25, 0.3) is 0 Å². The van der Waals surface area contributed by atoms with Crippen LogP contribution in [0, 0.1) is 17.8 Å². The van der Waals surface area contributed by atoms with Crippen LogP contribution < -0.4 is 0 Å². The number of aliphatic imine (C=N–C) groups is 1. The number of nitrogens with zero attached hydrogens (tertiary/aromatic N) is 3. The number of fused-ring (bicyclic) bond motifs is 7. The highest BCUT2D eigenvalue weighted by atomic mass is 79.9. The highest BCUT2D eigenvalue weighted by molar-refractivity contribution is 9.12. The van der Waals surface area contributed by atoms with Gasteiger partial charge in [0, 0.05) is 28.3 Å². The fourth-order valence-corrected chi connectivity index (χ4v) is 6.06. The van der Waals surface area contributed by atoms with E-state index < -0.39 is 0 Å². The molecule has 3 nitrogen and oxygen atoms in total. The Morgan fingerprint density at radius 1 is 1.17 bits per heavy atom. The normalized spacial score (nSPS) is 36.5. The molecule has 2 bridgehead atoms. The SMILES string of the molecule is CC1=C(Br)C=C(Br)C2=NC(c3ccccn3)C3C4C=CC(C4)C3N21. The van der Waals surface area contributed by atoms with Crippen molar-refractivity contribution in [2.75, 3.05) is 0 Å². The molecular weight excluding hydrogens is 430 g/mol. The third kappa shape index (κ3) is 2.00. The molecule has 122 valence electrons. The van der Waals surface area contributed by atoms with E-state index in [0.29, 0.717) is 23.8 Å². The Labute approximate surface area is 158 Å². The summed E-state index contributed by atoms with van der Waals surface area (Å²) in [5.41, 5.74) is 2.35. The van der Waals surface area contributed by atoms with Gasteiger partial charge in [-0.05, 0) is 75.2 Å². The second-order valence-electron chi connectivity index (χ2n) is 6.96. The van der Waals surface area contributed by atoms with E-state index in [1.807, 2.05) is 12.3 Å². The van der Waals surface area contributed by atoms with E-state index in [9.17, 15) is 0 Å². The number of halogens is 2. The third-order valence-electron chi connectivity index (χ3n) is 5.79. The molecule has 1 aromatic rings. The summed E-state index contributed by atoms with van der Waals surface area (Å²) in [4.78, 5) is 12.3. The van der Waals surface area contributed by atoms with Gasteiger partial charge in [0.2, 0.25) is 0 Å². The molecule has 2 aliphatic carbocycles. The first-order valence-electron chi connectivity index (χ1n) is 8.35. The summed E-state index contributed by atoms with van der Waals surface area (Å²) in [6.07, 6.45) is 10.1. The van der Waals surface area contributed by atoms with Crippen LogP contribution in [0.15, 0.2) is 62.3 Å². The number of rotatable bonds is 1. The Kier molecular flexibility index (Phi) is 3.39. The number of aromatic nitrogens is 1. The average Bonchev–Trinajstić information content (AvgIpc) is 3.21. The van der Waals surface area contributed by atoms with Crippen LogP contribution in [-0.4, -0.2) is 21.8 Å². The van der Waals surface area contributed by atoms with Gasteiger partial charge in [0.05, 0.1) is 16.2 Å². The molecule has 0 N–H and O–H groups in total. The molecule has 1 fully saturated rings. The minimum atomic E-state index is 0.132. The van der Waals surface area contributed by atoms with E-state index in [-0.39, 0.29) is 6.04 Å². The van der Waals surface area contributed by atoms with Crippen LogP contribution in [0.4, 0.5) is 0 Å². The predicted octanol–water partition coefficient (Wildman–Crippen LogP) is 4.95. The van der Waals surface area contributed by atoms with Gasteiger partial charge in [-0.2, -0.15) is 0 Å². The van der Waals surface area contributed by atoms with Crippen molar-refractivity contribution in [2.24, 2.45) is 22.7 Å². The molecular formula is C19H17Br2N3. The van der Waals surface area contributed by atoms with E-state index in [2.05, 4.69) is 79.0 Å². The second kappa shape index (κ2) is 5.40. The van der Waals surface area contributed by atoms with Crippen LogP contribution in [0.3, 0.4) is 0 Å². The van der Waals surface area contributed by atoms with Crippen molar-refractivity contribution in [3.8, 4) is 0 Å². The monoisotopic (exact) mass is 445 g/mol. The summed E-state index contributed by atoms with van der Waals surface area (Å²) in [6, 6.07) is 6.77. The maximum atomic E-state index is 5.18. The van der Waals surface area contributed by atoms with E-state index >= 15 is 0 Å². The van der Waals surface area contributed by atoms with Crippen molar-refractivity contribution in [2.45, 2.75) is 25.4 Å². The first kappa shape index (κ1) is 15.1. The molecule has 3 heterocycles. The minimum Gasteiger partial charge on any atom is -0.325 e. The van der Waals surface area contributed by atoms with Gasteiger partial charge in [0.15, 0.2) is 0 Å². The van der Waals surface area contributed by atoms with E-state index in [0.717, 1.165) is 20.5 Å². The number of allylic oxidation sites excluding steroid dienone is 4. The lowest BCUT2D eigenvalue weighted by Gasteiger charge is -2.47. The fraction of sp³-hybridized carbons (Fsp3) is 0.368. The first-order valence-corrected chi connectivity index (χ1v) is 9.94. The van der Waals surface area contributed by atoms with Gasteiger partial charge >= 0.3 is 0 Å². The smallest absolute Gasteiger partial charge is 0.143 e. The number of pyridine rings is 1. The van der Waals surface area contributed by atoms with E-state index in [4.69, 9.17) is 4.99 Å². The van der Waals surface area contributed by atoms with Gasteiger partial charge in [-0.25, -0.2) is 0 Å². The Hall–Kier alpha value is -1.20. The van der Waals surface area contributed by atoms with Crippen molar-refractivity contribution in [3.63, 3.8) is 0 Å². The summed E-state index contributed by atoms with van der Waals surface area (Å²) in [5.74, 6) is 2.75. The van der Waals surface area contributed by atoms with Crippen LogP contribution in [0.1, 0.15) is 25.1 Å². The quantitative estimate of drug-likeness (QED) is 0.571. The van der Waals surface area contributed by atoms with Crippen LogP contribution in [0.25, 0.3) is 0 Å². The van der Waals surface area contributed by atoms with Gasteiger partial charge in [-0.1, -0.05) is 18.2 Å². The molecule has 2 aliphatic heterocycles. The molecule has 0 radical (unpaired) electrons. The predicted molar refractivity (Wildman–Crippen MR) is 103 cm³/mol. The summed E-state index contributed by atoms with van der Waals surface area (Å²) >= 11 is 7.45. The molecule has 5 atom stereocenters. The Morgan fingerprint density at radius 3 is 2.79 bits per heavy atom. The van der Waals surface area contributed by atoms with Gasteiger partial charge < -0.3 is 4.90 Å². The van der Waals surface area contributed by atoms with Gasteiger partial charge in [-0.3, -0.25) is 9.98 Å². The van der Waals surface area contributed by atoms with Crippen molar-refractivity contribution in [1.82, 2.24) is 9.88 Å². The lowest BCUT2D eigenvalue weighted by molar-refractivity contribution is 0.193. The number of amidine groups is 1. The molecule has 0 aromatic carbocycles. The summed E-state index contributed by atoms with van der Waals surface area (Å²) in [6.45, 7) is 2.18. The van der Waals surface area contributed by atoms with Crippen LogP contribution in [0.5, 0.6) is 0 Å². The molecule has 4 aliphatic rings. The first-order chi connectivity index (χ1) is 11.6. The molecule has 24 heavy (non-hydrogen) atoms. The lowest BCUT2D eigenvalue weighted by Crippen LogP contribution is -2.51. The average molecular weight is 447 g/mol. The molecule has 0 spiro atoms. The lowest BCUT2D eigenvalue weighted by atomic mass is 9.79. The summed E-state index contributed by atoms with van der Waals surface area (Å²) < 4.78 is 2.18. The van der Waals surface area contributed by atoms with Gasteiger partial charge in [-0.15, -0.1) is 0 Å². The molecule has 5 rings (SSSR count). The highest BCUT2D eigenvalue weighted by Crippen LogP contribution is 2.56. The Balaban J connectivity index is 1.70. The van der Waals surface area contributed by atoms with Crippen molar-refractivity contribution in [3.05, 3.63) is 63.0 Å². The molecule has 5 unspecified atom stereocenters. The minimum absolute atomic E-state index is 0.132. The van der Waals surface area contributed by atoms with Gasteiger partial charge in [0.1, 0.15) is 5.84 Å².